The van der Waals surface area contributed by atoms with Gasteiger partial charge in [0.15, 0.2) is 0 Å². The van der Waals surface area contributed by atoms with Crippen LogP contribution in [0.15, 0.2) is 42.9 Å². The molecule has 0 radical (unpaired) electrons. The second kappa shape index (κ2) is 7.98. The van der Waals surface area contributed by atoms with Crippen LogP contribution in [0.25, 0.3) is 10.9 Å². The van der Waals surface area contributed by atoms with Crippen LogP contribution in [0, 0.1) is 0 Å². The smallest absolute Gasteiger partial charge is 0.237 e. The van der Waals surface area contributed by atoms with Gasteiger partial charge in [-0.2, -0.15) is 0 Å². The standard InChI is InChI=1S/C21H26N6O2/c1-25(2)20-12-21(24-14-23-20)26-9-6-15(7-10-26)29-18-5-3-4-17-16(18)8-11-27(17)13-19(22)28/h3-5,8,11-12,14-15H,6-7,9-10,13H2,1-2H3,(H2,22,28). The first-order chi connectivity index (χ1) is 14.0. The summed E-state index contributed by atoms with van der Waals surface area (Å²) in [7, 11) is 3.95. The number of aromatic nitrogens is 3. The molecule has 4 rings (SSSR count). The minimum absolute atomic E-state index is 0.145. The Bertz CT molecular complexity index is 1010. The second-order valence-corrected chi connectivity index (χ2v) is 7.53. The lowest BCUT2D eigenvalue weighted by molar-refractivity contribution is -0.118. The van der Waals surface area contributed by atoms with E-state index in [9.17, 15) is 4.79 Å². The Balaban J connectivity index is 1.43. The molecule has 1 aliphatic rings. The van der Waals surface area contributed by atoms with Crippen molar-refractivity contribution in [3.05, 3.63) is 42.9 Å². The summed E-state index contributed by atoms with van der Waals surface area (Å²) in [5.41, 5.74) is 6.30. The number of amides is 1. The molecule has 1 saturated heterocycles. The van der Waals surface area contributed by atoms with Crippen molar-refractivity contribution < 1.29 is 9.53 Å². The Morgan fingerprint density at radius 2 is 2.03 bits per heavy atom. The van der Waals surface area contributed by atoms with Crippen molar-refractivity contribution in [2.75, 3.05) is 37.0 Å². The minimum Gasteiger partial charge on any atom is -0.490 e. The zero-order chi connectivity index (χ0) is 20.4. The van der Waals surface area contributed by atoms with E-state index in [1.807, 2.05) is 60.1 Å². The lowest BCUT2D eigenvalue weighted by atomic mass is 10.1. The fourth-order valence-electron chi connectivity index (χ4n) is 3.74. The number of hydrogen-bond acceptors (Lipinski definition) is 6. The molecule has 3 aromatic rings. The van der Waals surface area contributed by atoms with Gasteiger partial charge in [-0.05, 0) is 18.2 Å². The fraction of sp³-hybridized carbons (Fsp3) is 0.381. The first kappa shape index (κ1) is 19.0. The van der Waals surface area contributed by atoms with Gasteiger partial charge in [-0.1, -0.05) is 6.07 Å². The lowest BCUT2D eigenvalue weighted by Gasteiger charge is -2.33. The van der Waals surface area contributed by atoms with E-state index in [0.29, 0.717) is 0 Å². The van der Waals surface area contributed by atoms with E-state index in [0.717, 1.165) is 54.2 Å². The van der Waals surface area contributed by atoms with Crippen molar-refractivity contribution in [1.29, 1.82) is 0 Å². The Morgan fingerprint density at radius 1 is 1.24 bits per heavy atom. The summed E-state index contributed by atoms with van der Waals surface area (Å²) < 4.78 is 8.19. The van der Waals surface area contributed by atoms with E-state index in [-0.39, 0.29) is 18.6 Å². The quantitative estimate of drug-likeness (QED) is 0.688. The molecule has 3 heterocycles. The predicted octanol–water partition coefficient (Wildman–Crippen LogP) is 2.03. The maximum atomic E-state index is 11.3. The maximum absolute atomic E-state index is 11.3. The summed E-state index contributed by atoms with van der Waals surface area (Å²) in [4.78, 5) is 24.2. The number of primary amides is 1. The highest BCUT2D eigenvalue weighted by Gasteiger charge is 2.23. The number of ether oxygens (including phenoxy) is 1. The molecule has 1 amide bonds. The first-order valence-electron chi connectivity index (χ1n) is 9.78. The molecule has 1 aliphatic heterocycles. The van der Waals surface area contributed by atoms with Crippen molar-refractivity contribution in [3.8, 4) is 5.75 Å². The van der Waals surface area contributed by atoms with Crippen molar-refractivity contribution in [2.45, 2.75) is 25.5 Å². The number of carbonyl (C=O) groups is 1. The van der Waals surface area contributed by atoms with Crippen LogP contribution in [0.2, 0.25) is 0 Å². The highest BCUT2D eigenvalue weighted by atomic mass is 16.5. The van der Waals surface area contributed by atoms with Crippen LogP contribution in [-0.2, 0) is 11.3 Å². The zero-order valence-electron chi connectivity index (χ0n) is 16.8. The van der Waals surface area contributed by atoms with Crippen molar-refractivity contribution >= 4 is 28.4 Å². The fourth-order valence-corrected chi connectivity index (χ4v) is 3.74. The average molecular weight is 394 g/mol. The van der Waals surface area contributed by atoms with E-state index < -0.39 is 0 Å². The SMILES string of the molecule is CN(C)c1cc(N2CCC(Oc3cccc4c3ccn4CC(N)=O)CC2)ncn1. The van der Waals surface area contributed by atoms with E-state index in [1.165, 1.54) is 0 Å². The lowest BCUT2D eigenvalue weighted by Crippen LogP contribution is -2.38. The summed E-state index contributed by atoms with van der Waals surface area (Å²) in [6.07, 6.45) is 5.47. The molecule has 0 spiro atoms. The third kappa shape index (κ3) is 4.11. The molecule has 0 saturated carbocycles. The third-order valence-corrected chi connectivity index (χ3v) is 5.26. The van der Waals surface area contributed by atoms with E-state index in [1.54, 1.807) is 6.33 Å². The molecule has 2 aromatic heterocycles. The van der Waals surface area contributed by atoms with Gasteiger partial charge in [0.05, 0.1) is 5.52 Å². The molecule has 0 bridgehead atoms. The van der Waals surface area contributed by atoms with Gasteiger partial charge in [0, 0.05) is 57.7 Å². The van der Waals surface area contributed by atoms with Gasteiger partial charge >= 0.3 is 0 Å². The van der Waals surface area contributed by atoms with Gasteiger partial charge in [0.1, 0.15) is 36.4 Å². The summed E-state index contributed by atoms with van der Waals surface area (Å²) in [5.74, 6) is 2.35. The van der Waals surface area contributed by atoms with Gasteiger partial charge in [0.2, 0.25) is 5.91 Å². The first-order valence-corrected chi connectivity index (χ1v) is 9.78. The number of hydrogen-bond donors (Lipinski definition) is 1. The Hall–Kier alpha value is -3.29. The molecule has 2 N–H and O–H groups in total. The third-order valence-electron chi connectivity index (χ3n) is 5.26. The van der Waals surface area contributed by atoms with Crippen LogP contribution in [0.5, 0.6) is 5.75 Å². The number of fused-ring (bicyclic) bond motifs is 1. The minimum atomic E-state index is -0.358. The number of carbonyl (C=O) groups excluding carboxylic acids is 1. The maximum Gasteiger partial charge on any atom is 0.237 e. The number of anilines is 2. The Kier molecular flexibility index (Phi) is 5.24. The summed E-state index contributed by atoms with van der Waals surface area (Å²) in [5, 5.41) is 1.00. The van der Waals surface area contributed by atoms with Crippen LogP contribution in [-0.4, -0.2) is 53.7 Å². The van der Waals surface area contributed by atoms with E-state index in [4.69, 9.17) is 10.5 Å². The Morgan fingerprint density at radius 3 is 2.76 bits per heavy atom. The van der Waals surface area contributed by atoms with Crippen molar-refractivity contribution in [3.63, 3.8) is 0 Å². The largest absolute Gasteiger partial charge is 0.490 e. The average Bonchev–Trinajstić information content (AvgIpc) is 3.12. The van der Waals surface area contributed by atoms with E-state index in [2.05, 4.69) is 14.9 Å². The highest BCUT2D eigenvalue weighted by molar-refractivity contribution is 5.87. The molecule has 8 heteroatoms. The molecule has 0 atom stereocenters. The molecule has 1 fully saturated rings. The number of piperidine rings is 1. The summed E-state index contributed by atoms with van der Waals surface area (Å²) in [6.45, 7) is 1.93. The molecule has 0 aliphatic carbocycles. The van der Waals surface area contributed by atoms with Gasteiger partial charge < -0.3 is 24.8 Å². The van der Waals surface area contributed by atoms with Crippen LogP contribution in [0.1, 0.15) is 12.8 Å². The van der Waals surface area contributed by atoms with Crippen LogP contribution < -0.4 is 20.3 Å². The zero-order valence-corrected chi connectivity index (χ0v) is 16.8. The normalized spacial score (nSPS) is 14.9. The van der Waals surface area contributed by atoms with Crippen LogP contribution in [0.3, 0.4) is 0 Å². The van der Waals surface area contributed by atoms with E-state index >= 15 is 0 Å². The second-order valence-electron chi connectivity index (χ2n) is 7.53. The van der Waals surface area contributed by atoms with Crippen LogP contribution in [0.4, 0.5) is 11.6 Å². The van der Waals surface area contributed by atoms with Gasteiger partial charge in [-0.3, -0.25) is 4.79 Å². The number of rotatable bonds is 6. The molecular weight excluding hydrogens is 368 g/mol. The molecule has 0 unspecified atom stereocenters. The number of benzene rings is 1. The van der Waals surface area contributed by atoms with Crippen molar-refractivity contribution in [1.82, 2.24) is 14.5 Å². The topological polar surface area (TPSA) is 89.5 Å². The van der Waals surface area contributed by atoms with Gasteiger partial charge in [-0.25, -0.2) is 9.97 Å². The molecule has 8 nitrogen and oxygen atoms in total. The molecule has 1 aromatic carbocycles. The molecule has 29 heavy (non-hydrogen) atoms. The van der Waals surface area contributed by atoms with Crippen LogP contribution >= 0.6 is 0 Å². The molecular formula is C21H26N6O2. The van der Waals surface area contributed by atoms with Gasteiger partial charge in [0.25, 0.3) is 0 Å². The van der Waals surface area contributed by atoms with Gasteiger partial charge in [-0.15, -0.1) is 0 Å². The predicted molar refractivity (Wildman–Crippen MR) is 113 cm³/mol. The number of nitrogens with zero attached hydrogens (tertiary/aromatic N) is 5. The monoisotopic (exact) mass is 394 g/mol. The number of nitrogens with two attached hydrogens (primary N) is 1. The highest BCUT2D eigenvalue weighted by Crippen LogP contribution is 2.30. The Labute approximate surface area is 169 Å². The van der Waals surface area contributed by atoms with Crippen molar-refractivity contribution in [2.24, 2.45) is 5.73 Å². The summed E-state index contributed by atoms with van der Waals surface area (Å²) >= 11 is 0. The molecule has 152 valence electrons. The summed E-state index contributed by atoms with van der Waals surface area (Å²) in [6, 6.07) is 9.91.